The number of nitrogens with one attached hydrogen (secondary N) is 2. The van der Waals surface area contributed by atoms with Crippen molar-refractivity contribution in [2.24, 2.45) is 0 Å². The minimum atomic E-state index is -1.07. The molecule has 184 valence electrons. The molecule has 2 aromatic rings. The summed E-state index contributed by atoms with van der Waals surface area (Å²) in [7, 11) is 0. The Morgan fingerprint density at radius 3 is 2.57 bits per heavy atom. The molecule has 0 bridgehead atoms. The van der Waals surface area contributed by atoms with Crippen molar-refractivity contribution < 1.29 is 22.7 Å². The summed E-state index contributed by atoms with van der Waals surface area (Å²) in [6.07, 6.45) is -0.336. The minimum absolute atomic E-state index is 0.0538. The normalized spacial score (nSPS) is 19.2. The van der Waals surface area contributed by atoms with Gasteiger partial charge in [0, 0.05) is 19.2 Å². The highest BCUT2D eigenvalue weighted by atomic mass is 32.1. The summed E-state index contributed by atoms with van der Waals surface area (Å²) in [6.45, 7) is 10.7. The van der Waals surface area contributed by atoms with E-state index in [2.05, 4.69) is 15.5 Å². The second kappa shape index (κ2) is 10.00. The van der Waals surface area contributed by atoms with Gasteiger partial charge in [0.2, 0.25) is 0 Å². The first-order valence-corrected chi connectivity index (χ1v) is 11.5. The maximum atomic E-state index is 15.1. The summed E-state index contributed by atoms with van der Waals surface area (Å²) in [5.41, 5.74) is -0.284. The third kappa shape index (κ3) is 5.43. The smallest absolute Gasteiger partial charge is 0.414 e. The number of anilines is 3. The number of carbonyl (C=O) groups excluding carboxylic acids is 1. The van der Waals surface area contributed by atoms with Crippen LogP contribution in [0.1, 0.15) is 19.8 Å². The summed E-state index contributed by atoms with van der Waals surface area (Å²) >= 11 is 4.97. The Bertz CT molecular complexity index is 1180. The van der Waals surface area contributed by atoms with Crippen molar-refractivity contribution in [1.82, 2.24) is 5.32 Å². The van der Waals surface area contributed by atoms with Crippen molar-refractivity contribution in [2.45, 2.75) is 31.5 Å². The number of halogens is 3. The van der Waals surface area contributed by atoms with Gasteiger partial charge in [-0.05, 0) is 37.3 Å². The summed E-state index contributed by atoms with van der Waals surface area (Å²) in [5, 5.41) is 5.87. The molecule has 0 aromatic heterocycles. The molecule has 4 rings (SSSR count). The lowest BCUT2D eigenvalue weighted by atomic mass is 9.96. The molecule has 11 heteroatoms. The maximum absolute atomic E-state index is 15.1. The second-order valence-electron chi connectivity index (χ2n) is 8.57. The number of nitrogens with zero attached hydrogens (tertiary/aromatic N) is 3. The van der Waals surface area contributed by atoms with Crippen LogP contribution in [0.4, 0.5) is 35.0 Å². The van der Waals surface area contributed by atoms with Crippen LogP contribution in [0.25, 0.3) is 4.85 Å². The van der Waals surface area contributed by atoms with Crippen molar-refractivity contribution in [3.63, 3.8) is 0 Å². The van der Waals surface area contributed by atoms with Crippen molar-refractivity contribution in [3.05, 3.63) is 65.3 Å². The van der Waals surface area contributed by atoms with Crippen LogP contribution < -0.4 is 20.4 Å². The molecule has 2 aliphatic heterocycles. The number of cyclic esters (lactones) is 1. The van der Waals surface area contributed by atoms with Crippen LogP contribution >= 0.6 is 12.2 Å². The Morgan fingerprint density at radius 1 is 1.20 bits per heavy atom. The second-order valence-corrected chi connectivity index (χ2v) is 9.18. The third-order valence-electron chi connectivity index (χ3n) is 6.14. The topological polar surface area (TPSA) is 61.2 Å². The van der Waals surface area contributed by atoms with E-state index < -0.39 is 35.3 Å². The monoisotopic (exact) mass is 503 g/mol. The summed E-state index contributed by atoms with van der Waals surface area (Å²) < 4.78 is 47.7. The van der Waals surface area contributed by atoms with Crippen LogP contribution in [0.3, 0.4) is 0 Å². The highest BCUT2D eigenvalue weighted by molar-refractivity contribution is 7.80. The van der Waals surface area contributed by atoms with Gasteiger partial charge in [-0.3, -0.25) is 9.74 Å². The number of hydrogen-bond acceptors (Lipinski definition) is 5. The first-order valence-electron chi connectivity index (χ1n) is 11.1. The Kier molecular flexibility index (Phi) is 7.03. The zero-order chi connectivity index (χ0) is 25.2. The molecule has 0 spiro atoms. The van der Waals surface area contributed by atoms with Gasteiger partial charge in [-0.2, -0.15) is 0 Å². The Morgan fingerprint density at radius 2 is 1.94 bits per heavy atom. The van der Waals surface area contributed by atoms with E-state index in [4.69, 9.17) is 23.5 Å². The predicted octanol–water partition coefficient (Wildman–Crippen LogP) is 4.69. The van der Waals surface area contributed by atoms with Gasteiger partial charge in [0.15, 0.2) is 0 Å². The van der Waals surface area contributed by atoms with E-state index in [0.717, 1.165) is 12.1 Å². The standard InChI is InChI=1S/C24H24F3N5O2S/c1-15(35)29-13-18-14-32(23(33)34-18)17-4-6-22(20(27)12-17)31-9-7-24(28-2,8-10-31)30-21-5-3-16(25)11-19(21)26/h3-6,11-12,18,30H,7-10,13-14H2,1H3,(H,29,35)/t18-/m0/s1. The number of thiocarbonyl (C=S) groups is 1. The van der Waals surface area contributed by atoms with Crippen LogP contribution in [0.2, 0.25) is 0 Å². The van der Waals surface area contributed by atoms with Gasteiger partial charge < -0.3 is 20.3 Å². The fourth-order valence-electron chi connectivity index (χ4n) is 4.24. The van der Waals surface area contributed by atoms with Gasteiger partial charge in [-0.15, -0.1) is 0 Å². The van der Waals surface area contributed by atoms with Crippen LogP contribution in [-0.2, 0) is 4.74 Å². The average molecular weight is 504 g/mol. The van der Waals surface area contributed by atoms with Crippen molar-refractivity contribution >= 4 is 40.4 Å². The van der Waals surface area contributed by atoms with E-state index in [1.54, 1.807) is 19.1 Å². The molecule has 1 amide bonds. The van der Waals surface area contributed by atoms with E-state index in [-0.39, 0.29) is 12.2 Å². The molecular formula is C24H24F3N5O2S. The lowest BCUT2D eigenvalue weighted by Crippen LogP contribution is -2.47. The Hall–Kier alpha value is -3.52. The molecule has 2 saturated heterocycles. The molecular weight excluding hydrogens is 479 g/mol. The van der Waals surface area contributed by atoms with Gasteiger partial charge in [0.25, 0.3) is 0 Å². The maximum Gasteiger partial charge on any atom is 0.414 e. The van der Waals surface area contributed by atoms with Gasteiger partial charge in [0.1, 0.15) is 23.6 Å². The largest absolute Gasteiger partial charge is 0.442 e. The van der Waals surface area contributed by atoms with Gasteiger partial charge >= 0.3 is 11.8 Å². The minimum Gasteiger partial charge on any atom is -0.442 e. The van der Waals surface area contributed by atoms with E-state index in [9.17, 15) is 13.6 Å². The molecule has 1 atom stereocenters. The van der Waals surface area contributed by atoms with Gasteiger partial charge in [-0.1, -0.05) is 12.2 Å². The summed E-state index contributed by atoms with van der Waals surface area (Å²) in [4.78, 5) is 19.7. The molecule has 2 aliphatic rings. The molecule has 2 N–H and O–H groups in total. The van der Waals surface area contributed by atoms with E-state index in [0.29, 0.717) is 48.8 Å². The van der Waals surface area contributed by atoms with Crippen LogP contribution in [0.15, 0.2) is 36.4 Å². The van der Waals surface area contributed by atoms with E-state index >= 15 is 4.39 Å². The molecule has 0 unspecified atom stereocenters. The van der Waals surface area contributed by atoms with Gasteiger partial charge in [0.05, 0.1) is 48.0 Å². The number of ether oxygens (including phenoxy) is 1. The number of benzene rings is 2. The fourth-order valence-corrected chi connectivity index (χ4v) is 4.32. The van der Waals surface area contributed by atoms with Crippen molar-refractivity contribution in [1.29, 1.82) is 0 Å². The number of amides is 1. The third-order valence-corrected chi connectivity index (χ3v) is 6.28. The molecule has 0 saturated carbocycles. The number of hydrogen-bond donors (Lipinski definition) is 2. The van der Waals surface area contributed by atoms with Crippen LogP contribution in [0.5, 0.6) is 0 Å². The molecule has 7 nitrogen and oxygen atoms in total. The average Bonchev–Trinajstić information content (AvgIpc) is 3.20. The first-order chi connectivity index (χ1) is 16.7. The number of carbonyl (C=O) groups is 1. The van der Waals surface area contributed by atoms with E-state index in [1.807, 2.05) is 4.90 Å². The highest BCUT2D eigenvalue weighted by Gasteiger charge is 2.42. The molecule has 2 heterocycles. The SMILES string of the molecule is [C-]#[N+]C1(Nc2ccc(F)cc2F)CCN(c2ccc(N3C[C@H](CNC(C)=S)OC3=O)cc2F)CC1. The summed E-state index contributed by atoms with van der Waals surface area (Å²) in [5.74, 6) is -1.97. The zero-order valence-electron chi connectivity index (χ0n) is 19.0. The quantitative estimate of drug-likeness (QED) is 0.441. The Labute approximate surface area is 206 Å². The molecule has 0 radical (unpaired) electrons. The van der Waals surface area contributed by atoms with Crippen molar-refractivity contribution in [3.8, 4) is 0 Å². The molecule has 0 aliphatic carbocycles. The Balaban J connectivity index is 1.41. The van der Waals surface area contributed by atoms with Crippen LogP contribution in [0, 0.1) is 24.0 Å². The van der Waals surface area contributed by atoms with Crippen LogP contribution in [-0.4, -0.2) is 49.0 Å². The lowest BCUT2D eigenvalue weighted by Gasteiger charge is -2.36. The number of piperidine rings is 1. The summed E-state index contributed by atoms with van der Waals surface area (Å²) in [6, 6.07) is 7.70. The lowest BCUT2D eigenvalue weighted by molar-refractivity contribution is 0.143. The molecule has 2 fully saturated rings. The molecule has 35 heavy (non-hydrogen) atoms. The van der Waals surface area contributed by atoms with Crippen molar-refractivity contribution in [2.75, 3.05) is 41.3 Å². The predicted molar refractivity (Wildman–Crippen MR) is 131 cm³/mol. The highest BCUT2D eigenvalue weighted by Crippen LogP contribution is 2.34. The molecule has 2 aromatic carbocycles. The van der Waals surface area contributed by atoms with E-state index in [1.165, 1.54) is 17.0 Å². The number of rotatable bonds is 6. The fraction of sp³-hybridized carbons (Fsp3) is 0.375. The zero-order valence-corrected chi connectivity index (χ0v) is 19.8. The van der Waals surface area contributed by atoms with Gasteiger partial charge in [-0.25, -0.2) is 24.5 Å². The first kappa shape index (κ1) is 24.6.